The van der Waals surface area contributed by atoms with E-state index in [1.54, 1.807) is 0 Å². The summed E-state index contributed by atoms with van der Waals surface area (Å²) in [6.45, 7) is 1.53. The van der Waals surface area contributed by atoms with Crippen LogP contribution in [0.5, 0.6) is 0 Å². The number of hydrogen-bond donors (Lipinski definition) is 2. The van der Waals surface area contributed by atoms with Crippen molar-refractivity contribution in [1.82, 2.24) is 5.32 Å². The molecule has 0 bridgehead atoms. The molecule has 0 spiro atoms. The Bertz CT molecular complexity index is 450. The van der Waals surface area contributed by atoms with Gasteiger partial charge in [-0.1, -0.05) is 11.6 Å². The van der Waals surface area contributed by atoms with Gasteiger partial charge in [-0.3, -0.25) is 9.59 Å². The molecule has 4 nitrogen and oxygen atoms in total. The van der Waals surface area contributed by atoms with Crippen molar-refractivity contribution < 1.29 is 19.1 Å². The van der Waals surface area contributed by atoms with Gasteiger partial charge in [-0.15, -0.1) is 0 Å². The molecule has 0 aromatic heterocycles. The van der Waals surface area contributed by atoms with Crippen LogP contribution in [0.15, 0.2) is 18.2 Å². The number of aliphatic carboxylic acids is 1. The normalized spacial score (nSPS) is 11.9. The topological polar surface area (TPSA) is 66.4 Å². The monoisotopic (exact) mass is 259 g/mol. The highest BCUT2D eigenvalue weighted by molar-refractivity contribution is 6.30. The lowest BCUT2D eigenvalue weighted by Gasteiger charge is -2.11. The third kappa shape index (κ3) is 4.03. The van der Waals surface area contributed by atoms with E-state index in [1.165, 1.54) is 19.1 Å². The molecule has 0 saturated heterocycles. The van der Waals surface area contributed by atoms with Crippen LogP contribution in [0.4, 0.5) is 4.39 Å². The third-order valence-electron chi connectivity index (χ3n) is 2.03. The van der Waals surface area contributed by atoms with Crippen molar-refractivity contribution in [2.24, 2.45) is 0 Å². The molecule has 1 amide bonds. The zero-order valence-corrected chi connectivity index (χ0v) is 9.79. The molecule has 0 radical (unpaired) electrons. The minimum atomic E-state index is -1.03. The molecule has 1 unspecified atom stereocenters. The zero-order chi connectivity index (χ0) is 13.0. The molecule has 0 aliphatic carbocycles. The molecule has 6 heteroatoms. The first-order valence-electron chi connectivity index (χ1n) is 4.88. The summed E-state index contributed by atoms with van der Waals surface area (Å²) in [5, 5.41) is 11.1. The van der Waals surface area contributed by atoms with Crippen molar-refractivity contribution in [3.05, 3.63) is 34.6 Å². The van der Waals surface area contributed by atoms with Crippen molar-refractivity contribution in [3.8, 4) is 0 Å². The molecule has 1 aromatic carbocycles. The fourth-order valence-electron chi connectivity index (χ4n) is 1.29. The Balaban J connectivity index is 2.73. The highest BCUT2D eigenvalue weighted by atomic mass is 35.5. The number of amides is 1. The van der Waals surface area contributed by atoms with E-state index in [-0.39, 0.29) is 17.0 Å². The molecule has 2 N–H and O–H groups in total. The van der Waals surface area contributed by atoms with Crippen LogP contribution in [-0.2, 0) is 4.79 Å². The number of benzene rings is 1. The van der Waals surface area contributed by atoms with Crippen LogP contribution in [0.1, 0.15) is 23.7 Å². The summed E-state index contributed by atoms with van der Waals surface area (Å²) in [4.78, 5) is 22.0. The van der Waals surface area contributed by atoms with Gasteiger partial charge in [0.1, 0.15) is 5.82 Å². The molecule has 0 aliphatic rings. The highest BCUT2D eigenvalue weighted by Gasteiger charge is 2.15. The SMILES string of the molecule is CC(CC(=O)O)NC(=O)c1ccc(Cl)cc1F. The lowest BCUT2D eigenvalue weighted by molar-refractivity contribution is -0.137. The van der Waals surface area contributed by atoms with Gasteiger partial charge in [0.25, 0.3) is 5.91 Å². The summed E-state index contributed by atoms with van der Waals surface area (Å²) in [6.07, 6.45) is -0.221. The maximum Gasteiger partial charge on any atom is 0.305 e. The quantitative estimate of drug-likeness (QED) is 0.870. The summed E-state index contributed by atoms with van der Waals surface area (Å²) in [7, 11) is 0. The number of halogens is 2. The van der Waals surface area contributed by atoms with Gasteiger partial charge in [0.05, 0.1) is 12.0 Å². The third-order valence-corrected chi connectivity index (χ3v) is 2.27. The molecule has 0 heterocycles. The second kappa shape index (κ2) is 5.63. The maximum absolute atomic E-state index is 13.4. The van der Waals surface area contributed by atoms with Crippen LogP contribution in [0, 0.1) is 5.82 Å². The molecule has 1 aromatic rings. The smallest absolute Gasteiger partial charge is 0.305 e. The molecule has 92 valence electrons. The number of hydrogen-bond acceptors (Lipinski definition) is 2. The second-order valence-electron chi connectivity index (χ2n) is 3.60. The van der Waals surface area contributed by atoms with Crippen molar-refractivity contribution in [2.45, 2.75) is 19.4 Å². The van der Waals surface area contributed by atoms with Crippen molar-refractivity contribution in [3.63, 3.8) is 0 Å². The molecule has 0 aliphatic heterocycles. The predicted molar refractivity (Wildman–Crippen MR) is 60.6 cm³/mol. The van der Waals surface area contributed by atoms with E-state index < -0.39 is 23.7 Å². The summed E-state index contributed by atoms with van der Waals surface area (Å²) >= 11 is 5.55. The van der Waals surface area contributed by atoms with Gasteiger partial charge in [0.2, 0.25) is 0 Å². The van der Waals surface area contributed by atoms with Gasteiger partial charge in [-0.05, 0) is 25.1 Å². The average molecular weight is 260 g/mol. The number of carbonyl (C=O) groups excluding carboxylic acids is 1. The van der Waals surface area contributed by atoms with E-state index in [2.05, 4.69) is 5.32 Å². The Labute approximate surface area is 102 Å². The zero-order valence-electron chi connectivity index (χ0n) is 9.04. The van der Waals surface area contributed by atoms with E-state index in [4.69, 9.17) is 16.7 Å². The van der Waals surface area contributed by atoms with Gasteiger partial charge in [0, 0.05) is 11.1 Å². The van der Waals surface area contributed by atoms with Gasteiger partial charge < -0.3 is 10.4 Å². The summed E-state index contributed by atoms with van der Waals surface area (Å²) in [6, 6.07) is 3.09. The highest BCUT2D eigenvalue weighted by Crippen LogP contribution is 2.14. The largest absolute Gasteiger partial charge is 0.481 e. The van der Waals surface area contributed by atoms with Crippen LogP contribution < -0.4 is 5.32 Å². The van der Waals surface area contributed by atoms with E-state index in [9.17, 15) is 14.0 Å². The van der Waals surface area contributed by atoms with Crippen LogP contribution in [-0.4, -0.2) is 23.0 Å². The van der Waals surface area contributed by atoms with Crippen molar-refractivity contribution >= 4 is 23.5 Å². The molecular weight excluding hydrogens is 249 g/mol. The Kier molecular flexibility index (Phi) is 4.45. The molecule has 1 rings (SSSR count). The molecular formula is C11H11ClFNO3. The molecule has 1 atom stereocenters. The van der Waals surface area contributed by atoms with Crippen LogP contribution in [0.25, 0.3) is 0 Å². The summed E-state index contributed by atoms with van der Waals surface area (Å²) < 4.78 is 13.4. The van der Waals surface area contributed by atoms with E-state index in [0.29, 0.717) is 0 Å². The average Bonchev–Trinajstić information content (AvgIpc) is 2.15. The number of nitrogens with one attached hydrogen (secondary N) is 1. The summed E-state index contributed by atoms with van der Waals surface area (Å²) in [5.74, 6) is -2.43. The predicted octanol–water partition coefficient (Wildman–Crippen LogP) is 2.07. The van der Waals surface area contributed by atoms with Gasteiger partial charge in [-0.25, -0.2) is 4.39 Å². The Hall–Kier alpha value is -1.62. The van der Waals surface area contributed by atoms with Crippen molar-refractivity contribution in [2.75, 3.05) is 0 Å². The lowest BCUT2D eigenvalue weighted by atomic mass is 10.1. The van der Waals surface area contributed by atoms with Crippen LogP contribution in [0.3, 0.4) is 0 Å². The fourth-order valence-corrected chi connectivity index (χ4v) is 1.45. The van der Waals surface area contributed by atoms with Gasteiger partial charge in [0.15, 0.2) is 0 Å². The van der Waals surface area contributed by atoms with E-state index in [1.807, 2.05) is 0 Å². The number of carboxylic acid groups (broad SMARTS) is 1. The standard InChI is InChI=1S/C11H11ClFNO3/c1-6(4-10(15)16)14-11(17)8-3-2-7(12)5-9(8)13/h2-3,5-6H,4H2,1H3,(H,14,17)(H,15,16). The number of carbonyl (C=O) groups is 2. The van der Waals surface area contributed by atoms with Crippen LogP contribution >= 0.6 is 11.6 Å². The molecule has 17 heavy (non-hydrogen) atoms. The minimum Gasteiger partial charge on any atom is -0.481 e. The maximum atomic E-state index is 13.4. The first kappa shape index (κ1) is 13.4. The first-order chi connectivity index (χ1) is 7.90. The Morgan fingerprint density at radius 3 is 2.71 bits per heavy atom. The second-order valence-corrected chi connectivity index (χ2v) is 4.03. The first-order valence-corrected chi connectivity index (χ1v) is 5.25. The Morgan fingerprint density at radius 1 is 1.53 bits per heavy atom. The van der Waals surface area contributed by atoms with Crippen LogP contribution in [0.2, 0.25) is 5.02 Å². The fraction of sp³-hybridized carbons (Fsp3) is 0.273. The minimum absolute atomic E-state index is 0.161. The van der Waals surface area contributed by atoms with Gasteiger partial charge in [-0.2, -0.15) is 0 Å². The number of rotatable bonds is 4. The number of carboxylic acids is 1. The van der Waals surface area contributed by atoms with Crippen molar-refractivity contribution in [1.29, 1.82) is 0 Å². The van der Waals surface area contributed by atoms with E-state index >= 15 is 0 Å². The Morgan fingerprint density at radius 2 is 2.18 bits per heavy atom. The molecule has 0 fully saturated rings. The summed E-state index contributed by atoms with van der Waals surface area (Å²) in [5.41, 5.74) is -0.161. The van der Waals surface area contributed by atoms with E-state index in [0.717, 1.165) is 6.07 Å². The van der Waals surface area contributed by atoms with Gasteiger partial charge >= 0.3 is 5.97 Å². The lowest BCUT2D eigenvalue weighted by Crippen LogP contribution is -2.34. The molecule has 0 saturated carbocycles.